The highest BCUT2D eigenvalue weighted by atomic mass is 32.2. The average Bonchev–Trinajstić information content (AvgIpc) is 1.68. The third-order valence-electron chi connectivity index (χ3n) is 24.7. The van der Waals surface area contributed by atoms with E-state index in [4.69, 9.17) is 22.9 Å². The Kier molecular flexibility index (Phi) is 39.8. The number of phenolic OH excluding ortho intramolecular Hbond substituents is 2. The number of aliphatic hydroxyl groups excluding tert-OH is 1. The van der Waals surface area contributed by atoms with E-state index in [-0.39, 0.29) is 94.7 Å². The number of carbonyl (C=O) groups excluding carboxylic acids is 17. The summed E-state index contributed by atoms with van der Waals surface area (Å²) in [6.45, 7) is 5.56. The van der Waals surface area contributed by atoms with Gasteiger partial charge in [-0.2, -0.15) is 0 Å². The van der Waals surface area contributed by atoms with E-state index in [1.165, 1.54) is 87.4 Å². The van der Waals surface area contributed by atoms with E-state index in [1.54, 1.807) is 68.6 Å². The van der Waals surface area contributed by atoms with Crippen LogP contribution in [0.25, 0.3) is 21.8 Å². The second kappa shape index (κ2) is 50.9. The number of hydrogen-bond donors (Lipinski definition) is 19. The second-order valence-corrected chi connectivity index (χ2v) is 36.6. The summed E-state index contributed by atoms with van der Waals surface area (Å²) >= 11 is 0.778. The van der Waals surface area contributed by atoms with Crippen LogP contribution < -0.4 is 76.1 Å². The number of nitrogens with zero attached hydrogens (tertiary/aromatic N) is 6. The number of aromatic nitrogens is 2. The Morgan fingerprint density at radius 3 is 1.66 bits per heavy atom. The lowest BCUT2D eigenvalue weighted by molar-refractivity contribution is -0.149. The summed E-state index contributed by atoms with van der Waals surface area (Å²) in [5, 5.41) is 69.8. The number of hydrogen-bond acceptors (Lipinski definition) is 24. The average molecular weight is 1940 g/mol. The van der Waals surface area contributed by atoms with Gasteiger partial charge in [0.1, 0.15) is 103 Å². The van der Waals surface area contributed by atoms with Crippen molar-refractivity contribution in [1.82, 2.24) is 87.2 Å². The number of benzene rings is 4. The molecule has 23 N–H and O–H groups in total. The fourth-order valence-electron chi connectivity index (χ4n) is 17.2. The van der Waals surface area contributed by atoms with Gasteiger partial charge in [0, 0.05) is 113 Å². The summed E-state index contributed by atoms with van der Waals surface area (Å²) in [4.78, 5) is 272. The highest BCUT2D eigenvalue weighted by Crippen LogP contribution is 2.29. The Hall–Kier alpha value is -13.8. The van der Waals surface area contributed by atoms with Crippen LogP contribution in [0.5, 0.6) is 11.5 Å². The third-order valence-corrected chi connectivity index (χ3v) is 25.8. The SMILES string of the molecule is CCCC[C@H]1C(=O)N(C)[C@@H](CCCC)C(=O)N[C@@H](CC(C)C)C(=O)N[C@H](C(=O)NCC(N)=O)CSCC(=O)N[C@@H](Cc2ccc(O)cc2)C(=O)N(C)[C@@H](C)C(=O)N[C@@H](CC(N)=O)C(=O)N2CCCC2C(=O)N[C@@H](CN)C(=O)N[C@@H](Cc2ccc(O)cc2)C(=O)N2C[C@H](O)C[C@H]2C(=O)N[C@@H](Cc2c[nH]c3ccccc23)C(=O)N[C@@H](CCN)C(=O)N[C@@H](Cc2cn(CC(=O)O)c3ccccc23)C(=O)N1C. The number of nitrogens with two attached hydrogens (primary N) is 4. The van der Waals surface area contributed by atoms with Gasteiger partial charge >= 0.3 is 5.97 Å². The first kappa shape index (κ1) is 108. The van der Waals surface area contributed by atoms with Gasteiger partial charge in [-0.15, -0.1) is 11.8 Å². The molecule has 0 spiro atoms. The van der Waals surface area contributed by atoms with Crippen LogP contribution in [0.3, 0.4) is 0 Å². The number of fused-ring (bicyclic) bond motifs is 4. The fourth-order valence-corrected chi connectivity index (χ4v) is 18.0. The van der Waals surface area contributed by atoms with E-state index in [0.717, 1.165) is 36.3 Å². The molecule has 0 radical (unpaired) electrons. The van der Waals surface area contributed by atoms with Crippen LogP contribution in [-0.2, 0) is 119 Å². The zero-order chi connectivity index (χ0) is 101. The van der Waals surface area contributed by atoms with Crippen LogP contribution in [0.2, 0.25) is 0 Å². The molecule has 1 unspecified atom stereocenters. The number of likely N-dealkylation sites (N-methyl/N-ethyl adjacent to an activating group) is 3. The number of thioether (sulfide) groups is 1. The standard InChI is InChI=1S/C94H129N21O22S/c1-9-11-21-73-87(130)103-64(36-51(3)4)84(127)109-71(82(125)100-45-78(98)120)49-138-50-79(121)101-66(37-53-25-29-57(116)30-26-53)90(133)110(6)52(5)81(124)105-69(42-77(97)119)92(135)114-35-17-24-74(114)88(131)108-70(43-96)86(129)106-67(38-54-27-31-58(117)32-28-54)93(136)115-47-59(118)41-76(115)89(132)104-65(39-55-44-99-62-20-15-13-18-60(55)62)85(128)102-63(33-34-95)83(126)107-68(91(134)112(8)75(22-12-10-2)94(137)111(73)7)40-56-46-113(48-80(122)123)72-23-16-14-19-61(56)72/h13-16,18-20,23,25-32,44,46,51-52,59,63-71,73-76,99,116-118H,9-12,17,21-22,24,33-43,45,47-50,95-96H2,1-8H3,(H2,97,119)(H2,98,120)(H,100,125)(H,101,121)(H,102,128)(H,103,130)(H,104,132)(H,105,124)(H,106,129)(H,107,126)(H,108,131)(H,109,127)(H,122,123)/t52-,59+,63-,64-,65-,66-,67-,68-,69-,70-,71-,73-,74?,75-,76-/m0/s1. The molecule has 3 aliphatic heterocycles. The predicted octanol–water partition coefficient (Wildman–Crippen LogP) is -2.34. The lowest BCUT2D eigenvalue weighted by Gasteiger charge is -2.36. The molecular weight excluding hydrogens is 1810 g/mol. The second-order valence-electron chi connectivity index (χ2n) is 35.5. The number of aromatic hydroxyl groups is 2. The molecule has 5 heterocycles. The molecule has 15 atom stereocenters. The molecule has 44 heteroatoms. The van der Waals surface area contributed by atoms with Crippen molar-refractivity contribution in [2.24, 2.45) is 28.9 Å². The van der Waals surface area contributed by atoms with Crippen LogP contribution in [0.1, 0.15) is 134 Å². The number of rotatable bonds is 26. The van der Waals surface area contributed by atoms with E-state index in [0.29, 0.717) is 69.7 Å². The van der Waals surface area contributed by atoms with E-state index in [9.17, 15) is 73.2 Å². The van der Waals surface area contributed by atoms with E-state index < -0.39 is 248 Å². The quantitative estimate of drug-likeness (QED) is 0.0271. The Labute approximate surface area is 802 Å². The monoisotopic (exact) mass is 1940 g/mol. The number of carbonyl (C=O) groups is 18. The zero-order valence-corrected chi connectivity index (χ0v) is 79.5. The zero-order valence-electron chi connectivity index (χ0n) is 78.6. The lowest BCUT2D eigenvalue weighted by Crippen LogP contribution is -2.62. The van der Waals surface area contributed by atoms with Gasteiger partial charge in [-0.25, -0.2) is 0 Å². The van der Waals surface area contributed by atoms with Gasteiger partial charge in [0.15, 0.2) is 0 Å². The van der Waals surface area contributed by atoms with E-state index in [1.807, 2.05) is 13.8 Å². The number of carboxylic acid groups (broad SMARTS) is 1. The van der Waals surface area contributed by atoms with Crippen molar-refractivity contribution in [2.75, 3.05) is 65.4 Å². The largest absolute Gasteiger partial charge is 0.508 e. The molecule has 138 heavy (non-hydrogen) atoms. The minimum absolute atomic E-state index is 0.00685. The summed E-state index contributed by atoms with van der Waals surface area (Å²) < 4.78 is 1.43. The van der Waals surface area contributed by atoms with Crippen LogP contribution in [0, 0.1) is 5.92 Å². The fraction of sp³-hybridized carbons (Fsp3) is 0.511. The van der Waals surface area contributed by atoms with Gasteiger partial charge in [-0.1, -0.05) is 114 Å². The number of aromatic amines is 1. The summed E-state index contributed by atoms with van der Waals surface area (Å²) in [5.74, 6) is -19.1. The van der Waals surface area contributed by atoms with Crippen LogP contribution in [-0.4, -0.2) is 317 Å². The molecule has 9 rings (SSSR count). The molecule has 2 aromatic heterocycles. The lowest BCUT2D eigenvalue weighted by atomic mass is 9.99. The topological polar surface area (TPSA) is 649 Å². The van der Waals surface area contributed by atoms with Crippen molar-refractivity contribution < 1.29 is 107 Å². The summed E-state index contributed by atoms with van der Waals surface area (Å²) in [5.41, 5.74) is 26.3. The maximum Gasteiger partial charge on any atom is 0.323 e. The number of carboxylic acids is 1. The first-order valence-corrected chi connectivity index (χ1v) is 47.3. The maximum absolute atomic E-state index is 16.0. The van der Waals surface area contributed by atoms with Crippen molar-refractivity contribution in [2.45, 2.75) is 235 Å². The highest BCUT2D eigenvalue weighted by Gasteiger charge is 2.47. The van der Waals surface area contributed by atoms with E-state index >= 15 is 33.6 Å². The van der Waals surface area contributed by atoms with Gasteiger partial charge in [-0.05, 0) is 117 Å². The number of H-pyrrole nitrogens is 1. The minimum atomic E-state index is -1.80. The van der Waals surface area contributed by atoms with Crippen molar-refractivity contribution in [3.63, 3.8) is 0 Å². The van der Waals surface area contributed by atoms with Gasteiger partial charge in [0.2, 0.25) is 100 Å². The summed E-state index contributed by atoms with van der Waals surface area (Å²) in [6, 6.07) is 2.64. The van der Waals surface area contributed by atoms with Crippen LogP contribution in [0.15, 0.2) is 109 Å². The number of phenols is 2. The van der Waals surface area contributed by atoms with Crippen molar-refractivity contribution in [3.8, 4) is 11.5 Å². The third kappa shape index (κ3) is 29.4. The van der Waals surface area contributed by atoms with E-state index in [2.05, 4.69) is 58.2 Å². The molecule has 43 nitrogen and oxygen atoms in total. The molecular formula is C94H129N21O22S. The Bertz CT molecular complexity index is 5380. The number of aliphatic hydroxyl groups is 1. The molecule has 0 aliphatic carbocycles. The van der Waals surface area contributed by atoms with Crippen molar-refractivity contribution >= 4 is 140 Å². The minimum Gasteiger partial charge on any atom is -0.508 e. The maximum atomic E-state index is 16.0. The molecule has 3 aliphatic rings. The Morgan fingerprint density at radius 1 is 0.529 bits per heavy atom. The predicted molar refractivity (Wildman–Crippen MR) is 507 cm³/mol. The molecule has 3 fully saturated rings. The van der Waals surface area contributed by atoms with Crippen molar-refractivity contribution in [3.05, 3.63) is 132 Å². The van der Waals surface area contributed by atoms with Crippen LogP contribution in [0.4, 0.5) is 0 Å². The Morgan fingerprint density at radius 2 is 1.05 bits per heavy atom. The van der Waals surface area contributed by atoms with Crippen LogP contribution >= 0.6 is 11.8 Å². The molecule has 4 aromatic carbocycles. The number of unbranched alkanes of at least 4 members (excludes halogenated alkanes) is 2. The molecule has 6 aromatic rings. The summed E-state index contributed by atoms with van der Waals surface area (Å²) in [7, 11) is 3.89. The number of aliphatic carboxylic acids is 1. The van der Waals surface area contributed by atoms with Crippen molar-refractivity contribution in [1.29, 1.82) is 0 Å². The van der Waals surface area contributed by atoms with Gasteiger partial charge in [0.05, 0.1) is 24.8 Å². The Balaban J connectivity index is 1.12. The first-order valence-electron chi connectivity index (χ1n) is 46.2. The van der Waals surface area contributed by atoms with Gasteiger partial charge in [0.25, 0.3) is 0 Å². The normalized spacial score (nSPS) is 24.5. The number of amides is 17. The molecule has 0 bridgehead atoms. The first-order chi connectivity index (χ1) is 65.6. The molecule has 748 valence electrons. The van der Waals surface area contributed by atoms with Gasteiger partial charge in [-0.3, -0.25) is 86.3 Å². The molecule has 0 saturated carbocycles. The number of nitrogens with one attached hydrogen (secondary N) is 11. The van der Waals surface area contributed by atoms with Gasteiger partial charge < -0.3 is 131 Å². The number of para-hydroxylation sites is 2. The summed E-state index contributed by atoms with van der Waals surface area (Å²) in [6.07, 6.45) is 0.297. The highest BCUT2D eigenvalue weighted by molar-refractivity contribution is 8.00. The number of primary amides is 2. The molecule has 17 amide bonds. The molecule has 3 saturated heterocycles. The smallest absolute Gasteiger partial charge is 0.323 e.